The van der Waals surface area contributed by atoms with Crippen molar-refractivity contribution in [2.24, 2.45) is 0 Å². The summed E-state index contributed by atoms with van der Waals surface area (Å²) in [6.07, 6.45) is 2.01. The molecular formula is C21H24FN3O2. The molecule has 5 nitrogen and oxygen atoms in total. The molecule has 2 amide bonds. The van der Waals surface area contributed by atoms with E-state index in [1.54, 1.807) is 24.3 Å². The molecule has 2 N–H and O–H groups in total. The number of nitrogens with zero attached hydrogens (tertiary/aromatic N) is 1. The summed E-state index contributed by atoms with van der Waals surface area (Å²) in [5, 5.41) is 5.95. The standard InChI is InChI=1S/C21H24FN3O2/c1-14-9-10-15(21(27)25-11-5-6-16(13-25)23-2)12-19(14)24-20(26)17-7-3-4-8-18(17)22/h3-4,7-10,12,16,23H,5-6,11,13H2,1-2H3,(H,24,26). The van der Waals surface area contributed by atoms with Crippen molar-refractivity contribution in [3.8, 4) is 0 Å². The van der Waals surface area contributed by atoms with E-state index in [0.29, 0.717) is 23.8 Å². The van der Waals surface area contributed by atoms with Crippen molar-refractivity contribution < 1.29 is 14.0 Å². The fourth-order valence-electron chi connectivity index (χ4n) is 3.30. The van der Waals surface area contributed by atoms with Gasteiger partial charge in [0, 0.05) is 30.4 Å². The zero-order valence-corrected chi connectivity index (χ0v) is 15.6. The molecule has 1 heterocycles. The fraction of sp³-hybridized carbons (Fsp3) is 0.333. The van der Waals surface area contributed by atoms with Crippen molar-refractivity contribution in [2.75, 3.05) is 25.5 Å². The van der Waals surface area contributed by atoms with E-state index in [4.69, 9.17) is 0 Å². The quantitative estimate of drug-likeness (QED) is 0.870. The maximum absolute atomic E-state index is 13.8. The molecule has 2 aromatic rings. The van der Waals surface area contributed by atoms with Crippen molar-refractivity contribution in [1.82, 2.24) is 10.2 Å². The van der Waals surface area contributed by atoms with E-state index < -0.39 is 11.7 Å². The van der Waals surface area contributed by atoms with Crippen LogP contribution in [0.1, 0.15) is 39.1 Å². The van der Waals surface area contributed by atoms with Crippen LogP contribution < -0.4 is 10.6 Å². The highest BCUT2D eigenvalue weighted by Crippen LogP contribution is 2.21. The van der Waals surface area contributed by atoms with Crippen molar-refractivity contribution >= 4 is 17.5 Å². The summed E-state index contributed by atoms with van der Waals surface area (Å²) in [7, 11) is 1.90. The van der Waals surface area contributed by atoms with Gasteiger partial charge >= 0.3 is 0 Å². The molecule has 142 valence electrons. The Morgan fingerprint density at radius 2 is 1.96 bits per heavy atom. The minimum Gasteiger partial charge on any atom is -0.337 e. The van der Waals surface area contributed by atoms with Crippen LogP contribution in [-0.2, 0) is 0 Å². The highest BCUT2D eigenvalue weighted by atomic mass is 19.1. The van der Waals surface area contributed by atoms with Gasteiger partial charge in [-0.05, 0) is 56.6 Å². The number of amides is 2. The molecule has 3 rings (SSSR count). The highest BCUT2D eigenvalue weighted by molar-refractivity contribution is 6.05. The highest BCUT2D eigenvalue weighted by Gasteiger charge is 2.24. The van der Waals surface area contributed by atoms with Crippen LogP contribution in [0.15, 0.2) is 42.5 Å². The Morgan fingerprint density at radius 3 is 2.70 bits per heavy atom. The van der Waals surface area contributed by atoms with E-state index in [0.717, 1.165) is 24.9 Å². The summed E-state index contributed by atoms with van der Waals surface area (Å²) >= 11 is 0. The molecule has 1 aliphatic rings. The zero-order valence-electron chi connectivity index (χ0n) is 15.6. The third-order valence-electron chi connectivity index (χ3n) is 4.97. The molecule has 0 aromatic heterocycles. The van der Waals surface area contributed by atoms with Crippen LogP contribution in [0.4, 0.5) is 10.1 Å². The SMILES string of the molecule is CNC1CCCN(C(=O)c2ccc(C)c(NC(=O)c3ccccc3F)c2)C1. The summed E-state index contributed by atoms with van der Waals surface area (Å²) in [4.78, 5) is 27.1. The molecule has 1 aliphatic heterocycles. The first-order chi connectivity index (χ1) is 13.0. The van der Waals surface area contributed by atoms with E-state index in [2.05, 4.69) is 10.6 Å². The number of likely N-dealkylation sites (N-methyl/N-ethyl adjacent to an activating group) is 1. The Morgan fingerprint density at radius 1 is 1.19 bits per heavy atom. The third-order valence-corrected chi connectivity index (χ3v) is 4.97. The maximum atomic E-state index is 13.8. The van der Waals surface area contributed by atoms with E-state index in [1.807, 2.05) is 18.9 Å². The molecule has 6 heteroatoms. The molecule has 0 saturated carbocycles. The van der Waals surface area contributed by atoms with Gasteiger partial charge in [-0.2, -0.15) is 0 Å². The first-order valence-electron chi connectivity index (χ1n) is 9.12. The Balaban J connectivity index is 1.79. The van der Waals surface area contributed by atoms with E-state index >= 15 is 0 Å². The lowest BCUT2D eigenvalue weighted by Crippen LogP contribution is -2.46. The van der Waals surface area contributed by atoms with E-state index in [1.165, 1.54) is 18.2 Å². The van der Waals surface area contributed by atoms with E-state index in [-0.39, 0.29) is 11.5 Å². The molecule has 0 radical (unpaired) electrons. The molecule has 1 saturated heterocycles. The van der Waals surface area contributed by atoms with Crippen molar-refractivity contribution in [3.63, 3.8) is 0 Å². The van der Waals surface area contributed by atoms with Crippen LogP contribution in [0, 0.1) is 12.7 Å². The number of carbonyl (C=O) groups excluding carboxylic acids is 2. The Kier molecular flexibility index (Phi) is 5.86. The number of halogens is 1. The van der Waals surface area contributed by atoms with Crippen LogP contribution in [0.5, 0.6) is 0 Å². The Labute approximate surface area is 158 Å². The molecule has 0 aliphatic carbocycles. The number of anilines is 1. The average Bonchev–Trinajstić information content (AvgIpc) is 2.69. The second kappa shape index (κ2) is 8.31. The molecule has 1 atom stereocenters. The van der Waals surface area contributed by atoms with Crippen molar-refractivity contribution in [3.05, 3.63) is 65.0 Å². The topological polar surface area (TPSA) is 61.4 Å². The Hall–Kier alpha value is -2.73. The lowest BCUT2D eigenvalue weighted by Gasteiger charge is -2.32. The van der Waals surface area contributed by atoms with Gasteiger partial charge < -0.3 is 15.5 Å². The number of benzene rings is 2. The summed E-state index contributed by atoms with van der Waals surface area (Å²) in [6, 6.07) is 11.3. The summed E-state index contributed by atoms with van der Waals surface area (Å²) in [5.74, 6) is -1.17. The number of hydrogen-bond acceptors (Lipinski definition) is 3. The first-order valence-corrected chi connectivity index (χ1v) is 9.12. The average molecular weight is 369 g/mol. The Bertz CT molecular complexity index is 853. The summed E-state index contributed by atoms with van der Waals surface area (Å²) < 4.78 is 13.8. The number of aryl methyl sites for hydroxylation is 1. The van der Waals surface area contributed by atoms with Crippen LogP contribution >= 0.6 is 0 Å². The largest absolute Gasteiger partial charge is 0.337 e. The molecule has 0 bridgehead atoms. The smallest absolute Gasteiger partial charge is 0.258 e. The lowest BCUT2D eigenvalue weighted by molar-refractivity contribution is 0.0698. The monoisotopic (exact) mass is 369 g/mol. The number of hydrogen-bond donors (Lipinski definition) is 2. The zero-order chi connectivity index (χ0) is 19.4. The van der Waals surface area contributed by atoms with Crippen LogP contribution in [-0.4, -0.2) is 42.9 Å². The van der Waals surface area contributed by atoms with Gasteiger partial charge in [0.15, 0.2) is 0 Å². The van der Waals surface area contributed by atoms with Crippen molar-refractivity contribution in [2.45, 2.75) is 25.8 Å². The molecule has 0 spiro atoms. The predicted octanol–water partition coefficient (Wildman–Crippen LogP) is 3.21. The van der Waals surface area contributed by atoms with Gasteiger partial charge in [-0.25, -0.2) is 4.39 Å². The maximum Gasteiger partial charge on any atom is 0.258 e. The molecule has 2 aromatic carbocycles. The predicted molar refractivity (Wildman–Crippen MR) is 104 cm³/mol. The first kappa shape index (κ1) is 19.0. The van der Waals surface area contributed by atoms with Gasteiger partial charge in [0.1, 0.15) is 5.82 Å². The molecule has 1 fully saturated rings. The van der Waals surface area contributed by atoms with Gasteiger partial charge in [-0.15, -0.1) is 0 Å². The second-order valence-corrected chi connectivity index (χ2v) is 6.84. The fourth-order valence-corrected chi connectivity index (χ4v) is 3.30. The van der Waals surface area contributed by atoms with Gasteiger partial charge in [-0.1, -0.05) is 18.2 Å². The van der Waals surface area contributed by atoms with E-state index in [9.17, 15) is 14.0 Å². The number of carbonyl (C=O) groups is 2. The number of nitrogens with one attached hydrogen (secondary N) is 2. The van der Waals surface area contributed by atoms with Crippen LogP contribution in [0.2, 0.25) is 0 Å². The molecular weight excluding hydrogens is 345 g/mol. The van der Waals surface area contributed by atoms with Gasteiger partial charge in [0.25, 0.3) is 11.8 Å². The minimum absolute atomic E-state index is 0.0264. The van der Waals surface area contributed by atoms with Crippen LogP contribution in [0.25, 0.3) is 0 Å². The van der Waals surface area contributed by atoms with Gasteiger partial charge in [0.05, 0.1) is 5.56 Å². The molecule has 1 unspecified atom stereocenters. The normalized spacial score (nSPS) is 16.9. The third kappa shape index (κ3) is 4.34. The second-order valence-electron chi connectivity index (χ2n) is 6.84. The molecule has 27 heavy (non-hydrogen) atoms. The van der Waals surface area contributed by atoms with Crippen LogP contribution in [0.3, 0.4) is 0 Å². The van der Waals surface area contributed by atoms with Gasteiger partial charge in [-0.3, -0.25) is 9.59 Å². The lowest BCUT2D eigenvalue weighted by atomic mass is 10.0. The number of piperidine rings is 1. The number of rotatable bonds is 4. The van der Waals surface area contributed by atoms with Crippen molar-refractivity contribution in [1.29, 1.82) is 0 Å². The summed E-state index contributed by atoms with van der Waals surface area (Å²) in [6.45, 7) is 3.23. The minimum atomic E-state index is -0.577. The van der Waals surface area contributed by atoms with Gasteiger partial charge in [0.2, 0.25) is 0 Å². The summed E-state index contributed by atoms with van der Waals surface area (Å²) in [5.41, 5.74) is 1.81. The number of likely N-dealkylation sites (tertiary alicyclic amines) is 1.